The fraction of sp³-hybridized carbons (Fsp3) is 0.579. The highest BCUT2D eigenvalue weighted by molar-refractivity contribution is 7.13. The molecule has 4 heteroatoms. The Morgan fingerprint density at radius 2 is 2.17 bits per heavy atom. The monoisotopic (exact) mass is 327 g/mol. The number of hydrogen-bond donors (Lipinski definition) is 1. The highest BCUT2D eigenvalue weighted by atomic mass is 32.1. The van der Waals surface area contributed by atoms with E-state index in [1.807, 2.05) is 24.4 Å². The van der Waals surface area contributed by atoms with E-state index < -0.39 is 0 Å². The molecule has 0 spiro atoms. The molecule has 2 aromatic heterocycles. The van der Waals surface area contributed by atoms with Crippen LogP contribution in [0.15, 0.2) is 29.8 Å². The first-order chi connectivity index (χ1) is 11.0. The number of hydrogen-bond acceptors (Lipinski definition) is 4. The van der Waals surface area contributed by atoms with Crippen molar-refractivity contribution in [2.45, 2.75) is 52.6 Å². The maximum absolute atomic E-state index is 4.76. The first kappa shape index (κ1) is 15.3. The van der Waals surface area contributed by atoms with Crippen molar-refractivity contribution in [1.29, 1.82) is 0 Å². The summed E-state index contributed by atoms with van der Waals surface area (Å²) in [4.78, 5) is 9.14. The number of pyridine rings is 1. The summed E-state index contributed by atoms with van der Waals surface area (Å²) in [6.45, 7) is 8.28. The van der Waals surface area contributed by atoms with E-state index in [4.69, 9.17) is 4.98 Å². The van der Waals surface area contributed by atoms with Gasteiger partial charge >= 0.3 is 0 Å². The lowest BCUT2D eigenvalue weighted by atomic mass is 9.69. The van der Waals surface area contributed by atoms with Gasteiger partial charge < -0.3 is 5.32 Å². The molecule has 3 atom stereocenters. The SMILES string of the molecule is CC1(C)[C@H]2CC[C@@]1(C)[C@@H](NCc1csc(-c3ccccn3)n1)C2. The summed E-state index contributed by atoms with van der Waals surface area (Å²) in [6, 6.07) is 6.60. The summed E-state index contributed by atoms with van der Waals surface area (Å²) in [6.07, 6.45) is 5.91. The van der Waals surface area contributed by atoms with Crippen molar-refractivity contribution in [3.63, 3.8) is 0 Å². The van der Waals surface area contributed by atoms with Crippen molar-refractivity contribution in [2.24, 2.45) is 16.7 Å². The van der Waals surface area contributed by atoms with Crippen LogP contribution in [0, 0.1) is 16.7 Å². The Morgan fingerprint density at radius 3 is 2.83 bits per heavy atom. The van der Waals surface area contributed by atoms with E-state index in [9.17, 15) is 0 Å². The molecule has 2 bridgehead atoms. The molecule has 4 rings (SSSR count). The minimum absolute atomic E-state index is 0.428. The van der Waals surface area contributed by atoms with Crippen molar-refractivity contribution in [2.75, 3.05) is 0 Å². The van der Waals surface area contributed by atoms with Gasteiger partial charge in [-0.05, 0) is 48.1 Å². The van der Waals surface area contributed by atoms with Crippen LogP contribution in [0.3, 0.4) is 0 Å². The van der Waals surface area contributed by atoms with Gasteiger partial charge in [-0.25, -0.2) is 4.98 Å². The lowest BCUT2D eigenvalue weighted by Gasteiger charge is -2.39. The fourth-order valence-corrected chi connectivity index (χ4v) is 5.53. The molecule has 2 fully saturated rings. The Morgan fingerprint density at radius 1 is 1.30 bits per heavy atom. The van der Waals surface area contributed by atoms with Gasteiger partial charge in [-0.1, -0.05) is 26.8 Å². The molecule has 0 amide bonds. The highest BCUT2D eigenvalue weighted by Gasteiger charge is 2.60. The molecular weight excluding hydrogens is 302 g/mol. The van der Waals surface area contributed by atoms with Gasteiger partial charge in [0.25, 0.3) is 0 Å². The van der Waals surface area contributed by atoms with Crippen LogP contribution >= 0.6 is 11.3 Å². The average Bonchev–Trinajstić information content (AvgIpc) is 3.16. The van der Waals surface area contributed by atoms with Crippen molar-refractivity contribution < 1.29 is 0 Å². The van der Waals surface area contributed by atoms with Crippen LogP contribution in [-0.2, 0) is 6.54 Å². The minimum atomic E-state index is 0.428. The van der Waals surface area contributed by atoms with Gasteiger partial charge in [0.05, 0.1) is 11.4 Å². The summed E-state index contributed by atoms with van der Waals surface area (Å²) < 4.78 is 0. The Bertz CT molecular complexity index is 694. The number of thiazole rings is 1. The lowest BCUT2D eigenvalue weighted by Crippen LogP contribution is -2.44. The van der Waals surface area contributed by atoms with Crippen LogP contribution in [-0.4, -0.2) is 16.0 Å². The van der Waals surface area contributed by atoms with E-state index >= 15 is 0 Å². The van der Waals surface area contributed by atoms with E-state index in [1.165, 1.54) is 19.3 Å². The maximum atomic E-state index is 4.76. The summed E-state index contributed by atoms with van der Waals surface area (Å²) in [5, 5.41) is 6.99. The van der Waals surface area contributed by atoms with Crippen LogP contribution < -0.4 is 5.32 Å². The molecule has 0 radical (unpaired) electrons. The molecule has 3 nitrogen and oxygen atoms in total. The van der Waals surface area contributed by atoms with E-state index in [1.54, 1.807) is 11.3 Å². The molecule has 2 heterocycles. The number of fused-ring (bicyclic) bond motifs is 2. The molecule has 0 unspecified atom stereocenters. The van der Waals surface area contributed by atoms with Gasteiger partial charge in [0.2, 0.25) is 0 Å². The molecule has 122 valence electrons. The quantitative estimate of drug-likeness (QED) is 0.898. The van der Waals surface area contributed by atoms with Gasteiger partial charge in [-0.2, -0.15) is 0 Å². The number of nitrogens with one attached hydrogen (secondary N) is 1. The summed E-state index contributed by atoms with van der Waals surface area (Å²) in [5.41, 5.74) is 3.00. The van der Waals surface area contributed by atoms with Crippen LogP contribution in [0.5, 0.6) is 0 Å². The van der Waals surface area contributed by atoms with Crippen LogP contribution in [0.4, 0.5) is 0 Å². The van der Waals surface area contributed by atoms with Crippen molar-refractivity contribution in [1.82, 2.24) is 15.3 Å². The Labute approximate surface area is 142 Å². The number of rotatable bonds is 4. The summed E-state index contributed by atoms with van der Waals surface area (Å²) >= 11 is 1.69. The standard InChI is InChI=1S/C19H25N3S/c1-18(2)13-7-8-19(18,3)16(10-13)21-11-14-12-23-17(22-14)15-6-4-5-9-20-15/h4-6,9,12-13,16,21H,7-8,10-11H2,1-3H3/t13-,16-,19-/m0/s1. The summed E-state index contributed by atoms with van der Waals surface area (Å²) in [7, 11) is 0. The van der Waals surface area contributed by atoms with Crippen LogP contribution in [0.2, 0.25) is 0 Å². The zero-order valence-corrected chi connectivity index (χ0v) is 15.0. The molecule has 1 N–H and O–H groups in total. The average molecular weight is 327 g/mol. The molecule has 23 heavy (non-hydrogen) atoms. The highest BCUT2D eigenvalue weighted by Crippen LogP contribution is 2.65. The molecule has 2 aliphatic carbocycles. The second-order valence-corrected chi connectivity index (χ2v) is 8.76. The largest absolute Gasteiger partial charge is 0.308 e. The fourth-order valence-electron chi connectivity index (χ4n) is 4.74. The zero-order chi connectivity index (χ0) is 16.1. The van der Waals surface area contributed by atoms with Crippen LogP contribution in [0.25, 0.3) is 10.7 Å². The van der Waals surface area contributed by atoms with E-state index in [2.05, 4.69) is 36.5 Å². The third kappa shape index (κ3) is 2.34. The first-order valence-corrected chi connectivity index (χ1v) is 9.48. The first-order valence-electron chi connectivity index (χ1n) is 8.60. The van der Waals surface area contributed by atoms with E-state index in [0.29, 0.717) is 16.9 Å². The third-order valence-corrected chi connectivity index (χ3v) is 7.67. The lowest BCUT2D eigenvalue weighted by molar-refractivity contribution is 0.120. The Hall–Kier alpha value is -1.26. The van der Waals surface area contributed by atoms with Gasteiger partial charge in [0.15, 0.2) is 0 Å². The van der Waals surface area contributed by atoms with Gasteiger partial charge in [-0.3, -0.25) is 4.98 Å². The van der Waals surface area contributed by atoms with Gasteiger partial charge in [0, 0.05) is 24.2 Å². The molecule has 2 aliphatic rings. The van der Waals surface area contributed by atoms with E-state index in [-0.39, 0.29) is 0 Å². The van der Waals surface area contributed by atoms with Crippen molar-refractivity contribution in [3.8, 4) is 10.7 Å². The maximum Gasteiger partial charge on any atom is 0.142 e. The number of nitrogens with zero attached hydrogens (tertiary/aromatic N) is 2. The van der Waals surface area contributed by atoms with Gasteiger partial charge in [0.1, 0.15) is 5.01 Å². The minimum Gasteiger partial charge on any atom is -0.308 e. The smallest absolute Gasteiger partial charge is 0.142 e. The third-order valence-electron chi connectivity index (χ3n) is 6.76. The number of aromatic nitrogens is 2. The zero-order valence-electron chi connectivity index (χ0n) is 14.2. The second kappa shape index (κ2) is 5.38. The predicted molar refractivity (Wildman–Crippen MR) is 95.2 cm³/mol. The topological polar surface area (TPSA) is 37.8 Å². The Balaban J connectivity index is 1.44. The second-order valence-electron chi connectivity index (χ2n) is 7.90. The molecule has 0 saturated heterocycles. The molecule has 0 aromatic carbocycles. The molecule has 2 aromatic rings. The normalized spacial score (nSPS) is 31.6. The van der Waals surface area contributed by atoms with Crippen LogP contribution in [0.1, 0.15) is 45.7 Å². The predicted octanol–water partition coefficient (Wildman–Crippen LogP) is 4.51. The Kier molecular flexibility index (Phi) is 3.58. The molecule has 0 aliphatic heterocycles. The van der Waals surface area contributed by atoms with E-state index in [0.717, 1.165) is 28.9 Å². The van der Waals surface area contributed by atoms with Crippen molar-refractivity contribution >= 4 is 11.3 Å². The molecular formula is C19H25N3S. The van der Waals surface area contributed by atoms with Crippen molar-refractivity contribution in [3.05, 3.63) is 35.5 Å². The van der Waals surface area contributed by atoms with Gasteiger partial charge in [-0.15, -0.1) is 11.3 Å². The summed E-state index contributed by atoms with van der Waals surface area (Å²) in [5.74, 6) is 0.879. The molecule has 2 saturated carbocycles.